The van der Waals surface area contributed by atoms with E-state index in [4.69, 9.17) is 17.4 Å². The third-order valence-corrected chi connectivity index (χ3v) is 5.59. The summed E-state index contributed by atoms with van der Waals surface area (Å²) < 4.78 is 1.35. The molecule has 2 heterocycles. The van der Waals surface area contributed by atoms with Crippen LogP contribution in [0.2, 0.25) is 5.02 Å². The molecule has 9 heteroatoms. The lowest BCUT2D eigenvalue weighted by Crippen LogP contribution is -2.27. The fraction of sp³-hybridized carbons (Fsp3) is 0.188. The molecule has 6 nitrogen and oxygen atoms in total. The number of carbonyl (C=O) groups is 1. The third-order valence-electron chi connectivity index (χ3n) is 3.39. The lowest BCUT2D eigenvalue weighted by Gasteiger charge is -2.06. The number of thiophene rings is 1. The van der Waals surface area contributed by atoms with E-state index < -0.39 is 0 Å². The summed E-state index contributed by atoms with van der Waals surface area (Å²) in [5.74, 6) is 6.66. The number of benzene rings is 1. The number of nitrogens with two attached hydrogens (primary N) is 1. The maximum absolute atomic E-state index is 11.9. The van der Waals surface area contributed by atoms with Crippen LogP contribution in [0.4, 0.5) is 0 Å². The summed E-state index contributed by atoms with van der Waals surface area (Å²) in [6.45, 7) is 0.611. The highest BCUT2D eigenvalue weighted by atomic mass is 35.5. The summed E-state index contributed by atoms with van der Waals surface area (Å²) in [4.78, 5) is 13.2. The van der Waals surface area contributed by atoms with E-state index in [2.05, 4.69) is 21.6 Å². The molecule has 3 N–H and O–H groups in total. The minimum absolute atomic E-state index is 0.0659. The lowest BCUT2D eigenvalue weighted by molar-refractivity contribution is -0.118. The molecule has 3 rings (SSSR count). The van der Waals surface area contributed by atoms with E-state index >= 15 is 0 Å². The molecular formula is C16H16ClN5OS2. The maximum atomic E-state index is 11.9. The van der Waals surface area contributed by atoms with E-state index in [9.17, 15) is 4.79 Å². The number of hydrogen-bond acceptors (Lipinski definition) is 6. The van der Waals surface area contributed by atoms with Gasteiger partial charge in [-0.2, -0.15) is 0 Å². The first-order chi connectivity index (χ1) is 12.1. The van der Waals surface area contributed by atoms with Gasteiger partial charge in [-0.15, -0.1) is 21.5 Å². The summed E-state index contributed by atoms with van der Waals surface area (Å²) in [5.41, 5.74) is 0.700. The first-order valence-corrected chi connectivity index (χ1v) is 9.76. The van der Waals surface area contributed by atoms with Gasteiger partial charge < -0.3 is 11.2 Å². The highest BCUT2D eigenvalue weighted by Gasteiger charge is 2.15. The van der Waals surface area contributed by atoms with Crippen molar-refractivity contribution in [2.24, 2.45) is 0 Å². The number of nitrogens with one attached hydrogen (secondary N) is 1. The zero-order valence-corrected chi connectivity index (χ0v) is 15.6. The van der Waals surface area contributed by atoms with Crippen molar-refractivity contribution in [1.29, 1.82) is 0 Å². The molecule has 3 aromatic rings. The van der Waals surface area contributed by atoms with Crippen LogP contribution in [0.1, 0.15) is 4.88 Å². The summed E-state index contributed by atoms with van der Waals surface area (Å²) in [7, 11) is 0. The highest BCUT2D eigenvalue weighted by molar-refractivity contribution is 7.99. The molecule has 0 aliphatic carbocycles. The summed E-state index contributed by atoms with van der Waals surface area (Å²) in [6.07, 6.45) is 0.831. The van der Waals surface area contributed by atoms with Crippen LogP contribution in [0.25, 0.3) is 11.4 Å². The van der Waals surface area contributed by atoms with Crippen LogP contribution in [0.3, 0.4) is 0 Å². The van der Waals surface area contributed by atoms with Crippen molar-refractivity contribution in [2.45, 2.75) is 11.6 Å². The molecule has 1 amide bonds. The van der Waals surface area contributed by atoms with Gasteiger partial charge in [0.15, 0.2) is 5.82 Å². The number of nitrogens with zero attached hydrogens (tertiary/aromatic N) is 3. The van der Waals surface area contributed by atoms with Gasteiger partial charge in [-0.25, -0.2) is 4.68 Å². The molecular weight excluding hydrogens is 378 g/mol. The Labute approximate surface area is 158 Å². The van der Waals surface area contributed by atoms with Crippen LogP contribution in [0.5, 0.6) is 0 Å². The Bertz CT molecular complexity index is 850. The monoisotopic (exact) mass is 393 g/mol. The summed E-state index contributed by atoms with van der Waals surface area (Å²) in [5, 5.41) is 14.0. The van der Waals surface area contributed by atoms with Crippen molar-refractivity contribution in [2.75, 3.05) is 18.1 Å². The van der Waals surface area contributed by atoms with Gasteiger partial charge in [0.25, 0.3) is 0 Å². The number of halogens is 1. The molecule has 2 aromatic heterocycles. The standard InChI is InChI=1S/C16H16ClN5OS2/c17-13-6-2-1-5-12(13)15-20-21-16(22(15)18)25-10-14(23)19-8-7-11-4-3-9-24-11/h1-6,9H,7-8,10,18H2,(H,19,23). The van der Waals surface area contributed by atoms with E-state index in [-0.39, 0.29) is 11.7 Å². The van der Waals surface area contributed by atoms with Gasteiger partial charge in [0.05, 0.1) is 10.8 Å². The number of hydrogen-bond donors (Lipinski definition) is 2. The van der Waals surface area contributed by atoms with Crippen molar-refractivity contribution in [1.82, 2.24) is 20.2 Å². The Balaban J connectivity index is 1.53. The Morgan fingerprint density at radius 2 is 2.12 bits per heavy atom. The number of nitrogen functional groups attached to an aromatic ring is 1. The average Bonchev–Trinajstić information content (AvgIpc) is 3.24. The highest BCUT2D eigenvalue weighted by Crippen LogP contribution is 2.27. The molecule has 0 saturated carbocycles. The minimum Gasteiger partial charge on any atom is -0.355 e. The number of rotatable bonds is 7. The number of carbonyl (C=O) groups excluding carboxylic acids is 1. The summed E-state index contributed by atoms with van der Waals surface area (Å²) in [6, 6.07) is 11.3. The normalized spacial score (nSPS) is 10.8. The van der Waals surface area contributed by atoms with Gasteiger partial charge >= 0.3 is 0 Å². The van der Waals surface area contributed by atoms with Crippen molar-refractivity contribution in [3.05, 3.63) is 51.7 Å². The van der Waals surface area contributed by atoms with Crippen molar-refractivity contribution >= 4 is 40.6 Å². The number of thioether (sulfide) groups is 1. The molecule has 0 saturated heterocycles. The molecule has 25 heavy (non-hydrogen) atoms. The van der Waals surface area contributed by atoms with Crippen LogP contribution >= 0.6 is 34.7 Å². The molecule has 0 unspecified atom stereocenters. The molecule has 0 fully saturated rings. The third kappa shape index (κ3) is 4.53. The molecule has 130 valence electrons. The Morgan fingerprint density at radius 3 is 2.88 bits per heavy atom. The number of aromatic nitrogens is 3. The SMILES string of the molecule is Nn1c(SCC(=O)NCCc2cccs2)nnc1-c1ccccc1Cl. The zero-order valence-electron chi connectivity index (χ0n) is 13.2. The van der Waals surface area contributed by atoms with Gasteiger partial charge in [-0.05, 0) is 30.0 Å². The van der Waals surface area contributed by atoms with Crippen molar-refractivity contribution < 1.29 is 4.79 Å². The van der Waals surface area contributed by atoms with E-state index in [1.165, 1.54) is 21.3 Å². The molecule has 0 spiro atoms. The Kier molecular flexibility index (Phi) is 5.95. The second kappa shape index (κ2) is 8.37. The average molecular weight is 394 g/mol. The zero-order chi connectivity index (χ0) is 17.6. The van der Waals surface area contributed by atoms with Crippen molar-refractivity contribution in [3.8, 4) is 11.4 Å². The van der Waals surface area contributed by atoms with Crippen LogP contribution in [0.15, 0.2) is 46.9 Å². The molecule has 1 aromatic carbocycles. The topological polar surface area (TPSA) is 85.8 Å². The predicted octanol–water partition coefficient (Wildman–Crippen LogP) is 2.82. The first kappa shape index (κ1) is 17.8. The van der Waals surface area contributed by atoms with Crippen molar-refractivity contribution in [3.63, 3.8) is 0 Å². The first-order valence-electron chi connectivity index (χ1n) is 7.52. The smallest absolute Gasteiger partial charge is 0.230 e. The Hall–Kier alpha value is -2.03. The van der Waals surface area contributed by atoms with Gasteiger partial charge in [0.2, 0.25) is 11.1 Å². The fourth-order valence-electron chi connectivity index (χ4n) is 2.16. The van der Waals surface area contributed by atoms with Gasteiger partial charge in [-0.3, -0.25) is 4.79 Å². The molecule has 0 atom stereocenters. The number of amides is 1. The van der Waals surface area contributed by atoms with Gasteiger partial charge in [0.1, 0.15) is 0 Å². The van der Waals surface area contributed by atoms with Crippen LogP contribution < -0.4 is 11.2 Å². The van der Waals surface area contributed by atoms with Crippen LogP contribution in [-0.4, -0.2) is 33.1 Å². The largest absolute Gasteiger partial charge is 0.355 e. The Morgan fingerprint density at radius 1 is 1.28 bits per heavy atom. The predicted molar refractivity (Wildman–Crippen MR) is 102 cm³/mol. The summed E-state index contributed by atoms with van der Waals surface area (Å²) >= 11 is 9.08. The van der Waals surface area contributed by atoms with Gasteiger partial charge in [-0.1, -0.05) is 41.6 Å². The minimum atomic E-state index is -0.0659. The van der Waals surface area contributed by atoms with Crippen LogP contribution in [0, 0.1) is 0 Å². The van der Waals surface area contributed by atoms with E-state index in [0.29, 0.717) is 28.1 Å². The van der Waals surface area contributed by atoms with E-state index in [1.54, 1.807) is 17.4 Å². The molecule has 0 aliphatic rings. The molecule has 0 aliphatic heterocycles. The quantitative estimate of drug-likeness (QED) is 0.476. The lowest BCUT2D eigenvalue weighted by atomic mass is 10.2. The second-order valence-electron chi connectivity index (χ2n) is 5.12. The van der Waals surface area contributed by atoms with E-state index in [1.807, 2.05) is 29.6 Å². The van der Waals surface area contributed by atoms with Gasteiger partial charge in [0, 0.05) is 17.0 Å². The molecule has 0 radical (unpaired) electrons. The van der Waals surface area contributed by atoms with Crippen LogP contribution in [-0.2, 0) is 11.2 Å². The fourth-order valence-corrected chi connectivity index (χ4v) is 3.78. The second-order valence-corrected chi connectivity index (χ2v) is 7.51. The van der Waals surface area contributed by atoms with E-state index in [0.717, 1.165) is 6.42 Å². The molecule has 0 bridgehead atoms. The maximum Gasteiger partial charge on any atom is 0.230 e.